The van der Waals surface area contributed by atoms with Gasteiger partial charge in [0.15, 0.2) is 0 Å². The van der Waals surface area contributed by atoms with E-state index in [9.17, 15) is 4.79 Å². The number of imidazole rings is 1. The van der Waals surface area contributed by atoms with Crippen molar-refractivity contribution >= 4 is 11.0 Å². The van der Waals surface area contributed by atoms with Crippen molar-refractivity contribution in [3.63, 3.8) is 0 Å². The van der Waals surface area contributed by atoms with Gasteiger partial charge < -0.3 is 15.3 Å². The summed E-state index contributed by atoms with van der Waals surface area (Å²) in [5.41, 5.74) is 2.85. The molecule has 0 bridgehead atoms. The predicted molar refractivity (Wildman–Crippen MR) is 79.4 cm³/mol. The van der Waals surface area contributed by atoms with Gasteiger partial charge in [0, 0.05) is 6.04 Å². The first-order valence-corrected chi connectivity index (χ1v) is 7.09. The Bertz CT molecular complexity index is 584. The lowest BCUT2D eigenvalue weighted by Crippen LogP contribution is -2.22. The maximum atomic E-state index is 11.3. The Morgan fingerprint density at radius 2 is 1.95 bits per heavy atom. The Kier molecular flexibility index (Phi) is 4.43. The molecule has 2 unspecified atom stereocenters. The standard InChI is InChI=1S/C15H23N3O/c1-4-10(3)8-13(16-5-2)11-6-7-12-14(9-11)18-15(19)17-12/h6-7,9-10,13,16H,4-5,8H2,1-3H3,(H2,17,18,19). The van der Waals surface area contributed by atoms with Crippen molar-refractivity contribution in [3.8, 4) is 0 Å². The molecule has 0 radical (unpaired) electrons. The SMILES string of the molecule is CCNC(CC(C)CC)c1ccc2[nH]c(=O)[nH]c2c1. The lowest BCUT2D eigenvalue weighted by molar-refractivity contribution is 0.408. The Labute approximate surface area is 113 Å². The van der Waals surface area contributed by atoms with E-state index in [2.05, 4.69) is 48.2 Å². The van der Waals surface area contributed by atoms with Crippen LogP contribution in [0.25, 0.3) is 11.0 Å². The number of benzene rings is 1. The van der Waals surface area contributed by atoms with Crippen LogP contribution in [0, 0.1) is 5.92 Å². The van der Waals surface area contributed by atoms with Gasteiger partial charge in [0.1, 0.15) is 0 Å². The van der Waals surface area contributed by atoms with Gasteiger partial charge in [-0.15, -0.1) is 0 Å². The molecule has 1 heterocycles. The Morgan fingerprint density at radius 1 is 1.21 bits per heavy atom. The minimum Gasteiger partial charge on any atom is -0.310 e. The second kappa shape index (κ2) is 6.06. The minimum absolute atomic E-state index is 0.144. The van der Waals surface area contributed by atoms with Gasteiger partial charge in [-0.25, -0.2) is 4.79 Å². The van der Waals surface area contributed by atoms with Crippen LogP contribution in [-0.4, -0.2) is 16.5 Å². The van der Waals surface area contributed by atoms with Gasteiger partial charge in [-0.2, -0.15) is 0 Å². The van der Waals surface area contributed by atoms with Crippen LogP contribution in [0.3, 0.4) is 0 Å². The summed E-state index contributed by atoms with van der Waals surface area (Å²) in [4.78, 5) is 16.9. The highest BCUT2D eigenvalue weighted by Crippen LogP contribution is 2.24. The molecule has 0 aliphatic heterocycles. The molecule has 1 aromatic carbocycles. The third-order valence-corrected chi connectivity index (χ3v) is 3.73. The molecule has 2 atom stereocenters. The summed E-state index contributed by atoms with van der Waals surface area (Å²) in [5, 5.41) is 3.53. The molecule has 2 rings (SSSR count). The summed E-state index contributed by atoms with van der Waals surface area (Å²) >= 11 is 0. The highest BCUT2D eigenvalue weighted by molar-refractivity contribution is 5.75. The first-order chi connectivity index (χ1) is 9.13. The number of fused-ring (bicyclic) bond motifs is 1. The zero-order valence-electron chi connectivity index (χ0n) is 11.9. The van der Waals surface area contributed by atoms with Gasteiger partial charge in [0.25, 0.3) is 0 Å². The van der Waals surface area contributed by atoms with Crippen LogP contribution >= 0.6 is 0 Å². The van der Waals surface area contributed by atoms with Crippen LogP contribution in [0.15, 0.2) is 23.0 Å². The molecule has 104 valence electrons. The van der Waals surface area contributed by atoms with Crippen molar-refractivity contribution in [2.45, 2.75) is 39.7 Å². The second-order valence-corrected chi connectivity index (χ2v) is 5.24. The molecule has 2 aromatic rings. The van der Waals surface area contributed by atoms with Gasteiger partial charge >= 0.3 is 5.69 Å². The van der Waals surface area contributed by atoms with E-state index in [1.54, 1.807) is 0 Å². The summed E-state index contributed by atoms with van der Waals surface area (Å²) in [5.74, 6) is 0.685. The fourth-order valence-corrected chi connectivity index (χ4v) is 2.42. The summed E-state index contributed by atoms with van der Waals surface area (Å²) in [7, 11) is 0. The summed E-state index contributed by atoms with van der Waals surface area (Å²) < 4.78 is 0. The van der Waals surface area contributed by atoms with Crippen molar-refractivity contribution in [2.24, 2.45) is 5.92 Å². The first kappa shape index (κ1) is 13.9. The quantitative estimate of drug-likeness (QED) is 0.748. The van der Waals surface area contributed by atoms with Crippen molar-refractivity contribution in [1.82, 2.24) is 15.3 Å². The molecule has 0 aliphatic carbocycles. The Balaban J connectivity index is 2.29. The summed E-state index contributed by atoms with van der Waals surface area (Å²) in [6, 6.07) is 6.50. The lowest BCUT2D eigenvalue weighted by Gasteiger charge is -2.21. The highest BCUT2D eigenvalue weighted by Gasteiger charge is 2.14. The normalized spacial score (nSPS) is 14.7. The van der Waals surface area contributed by atoms with E-state index in [1.807, 2.05) is 6.07 Å². The van der Waals surface area contributed by atoms with Gasteiger partial charge in [0.2, 0.25) is 0 Å². The van der Waals surface area contributed by atoms with Crippen LogP contribution in [0.4, 0.5) is 0 Å². The molecular formula is C15H23N3O. The molecule has 0 saturated heterocycles. The number of nitrogens with one attached hydrogen (secondary N) is 3. The van der Waals surface area contributed by atoms with E-state index < -0.39 is 0 Å². The maximum absolute atomic E-state index is 11.3. The van der Waals surface area contributed by atoms with Crippen LogP contribution in [0.1, 0.15) is 45.2 Å². The maximum Gasteiger partial charge on any atom is 0.323 e. The molecule has 0 amide bonds. The smallest absolute Gasteiger partial charge is 0.310 e. The van der Waals surface area contributed by atoms with Gasteiger partial charge in [0.05, 0.1) is 11.0 Å². The molecule has 0 aliphatic rings. The lowest BCUT2D eigenvalue weighted by atomic mass is 9.94. The molecule has 19 heavy (non-hydrogen) atoms. The van der Waals surface area contributed by atoms with Crippen LogP contribution in [0.2, 0.25) is 0 Å². The zero-order chi connectivity index (χ0) is 13.8. The fourth-order valence-electron chi connectivity index (χ4n) is 2.42. The number of H-pyrrole nitrogens is 2. The van der Waals surface area contributed by atoms with Crippen LogP contribution in [0.5, 0.6) is 0 Å². The summed E-state index contributed by atoms with van der Waals surface area (Å²) in [6.45, 7) is 7.57. The second-order valence-electron chi connectivity index (χ2n) is 5.24. The largest absolute Gasteiger partial charge is 0.323 e. The first-order valence-electron chi connectivity index (χ1n) is 7.09. The highest BCUT2D eigenvalue weighted by atomic mass is 16.1. The molecule has 1 aromatic heterocycles. The van der Waals surface area contributed by atoms with Crippen molar-refractivity contribution < 1.29 is 0 Å². The van der Waals surface area contributed by atoms with E-state index in [0.29, 0.717) is 12.0 Å². The third-order valence-electron chi connectivity index (χ3n) is 3.73. The topological polar surface area (TPSA) is 60.7 Å². The van der Waals surface area contributed by atoms with E-state index in [4.69, 9.17) is 0 Å². The van der Waals surface area contributed by atoms with Crippen LogP contribution in [-0.2, 0) is 0 Å². The molecule has 0 saturated carbocycles. The molecule has 3 N–H and O–H groups in total. The van der Waals surface area contributed by atoms with Crippen molar-refractivity contribution in [2.75, 3.05) is 6.54 Å². The summed E-state index contributed by atoms with van der Waals surface area (Å²) in [6.07, 6.45) is 2.30. The van der Waals surface area contributed by atoms with Gasteiger partial charge in [-0.3, -0.25) is 0 Å². The van der Waals surface area contributed by atoms with Crippen LogP contribution < -0.4 is 11.0 Å². The number of rotatable bonds is 6. The molecule has 4 heteroatoms. The average Bonchev–Trinajstić information content (AvgIpc) is 2.77. The number of hydrogen-bond donors (Lipinski definition) is 3. The monoisotopic (exact) mass is 261 g/mol. The van der Waals surface area contributed by atoms with E-state index in [0.717, 1.165) is 24.0 Å². The number of hydrogen-bond acceptors (Lipinski definition) is 2. The minimum atomic E-state index is -0.144. The zero-order valence-corrected chi connectivity index (χ0v) is 11.9. The van der Waals surface area contributed by atoms with E-state index in [1.165, 1.54) is 12.0 Å². The average molecular weight is 261 g/mol. The molecule has 0 spiro atoms. The van der Waals surface area contributed by atoms with Crippen molar-refractivity contribution in [3.05, 3.63) is 34.2 Å². The third kappa shape index (κ3) is 3.26. The number of aromatic amines is 2. The van der Waals surface area contributed by atoms with E-state index in [-0.39, 0.29) is 5.69 Å². The molecule has 0 fully saturated rings. The molecule has 4 nitrogen and oxygen atoms in total. The van der Waals surface area contributed by atoms with E-state index >= 15 is 0 Å². The Hall–Kier alpha value is -1.55. The fraction of sp³-hybridized carbons (Fsp3) is 0.533. The van der Waals surface area contributed by atoms with Gasteiger partial charge in [-0.1, -0.05) is 33.3 Å². The van der Waals surface area contributed by atoms with Gasteiger partial charge in [-0.05, 0) is 36.6 Å². The molecular weight excluding hydrogens is 238 g/mol. The predicted octanol–water partition coefficient (Wildman–Crippen LogP) is 2.94. The number of aromatic nitrogens is 2. The Morgan fingerprint density at radius 3 is 2.63 bits per heavy atom. The van der Waals surface area contributed by atoms with Crippen molar-refractivity contribution in [1.29, 1.82) is 0 Å².